The number of ether oxygens (including phenoxy) is 1. The summed E-state index contributed by atoms with van der Waals surface area (Å²) in [6.07, 6.45) is -0.469. The highest BCUT2D eigenvalue weighted by Gasteiger charge is 2.14. The van der Waals surface area contributed by atoms with E-state index < -0.39 is 6.09 Å². The van der Waals surface area contributed by atoms with Gasteiger partial charge in [-0.05, 0) is 19.4 Å². The molecule has 1 aromatic carbocycles. The molecule has 0 bridgehead atoms. The number of hydrogen-bond acceptors (Lipinski definition) is 3. The number of carbonyl (C=O) groups is 1. The molecule has 0 aliphatic carbocycles. The second kappa shape index (κ2) is 5.56. The molecule has 1 N–H and O–H groups in total. The Morgan fingerprint density at radius 3 is 2.58 bits per heavy atom. The third kappa shape index (κ3) is 3.13. The minimum absolute atomic E-state index is 0.442. The highest BCUT2D eigenvalue weighted by Crippen LogP contribution is 2.21. The summed E-state index contributed by atoms with van der Waals surface area (Å²) in [5.74, 6) is 0.521. The summed E-state index contributed by atoms with van der Waals surface area (Å²) < 4.78 is 6.97. The van der Waals surface area contributed by atoms with Crippen LogP contribution in [0.1, 0.15) is 17.0 Å². The molecular formula is C14H17N3O2. The first kappa shape index (κ1) is 13.1. The smallest absolute Gasteiger partial charge is 0.406 e. The van der Waals surface area contributed by atoms with Gasteiger partial charge >= 0.3 is 6.09 Å². The van der Waals surface area contributed by atoms with Gasteiger partial charge in [0.05, 0.1) is 5.69 Å². The maximum absolute atomic E-state index is 11.7. The zero-order valence-corrected chi connectivity index (χ0v) is 11.3. The van der Waals surface area contributed by atoms with Crippen LogP contribution < -0.4 is 10.1 Å². The first-order valence-corrected chi connectivity index (χ1v) is 6.07. The van der Waals surface area contributed by atoms with E-state index >= 15 is 0 Å². The lowest BCUT2D eigenvalue weighted by molar-refractivity contribution is 0.199. The van der Waals surface area contributed by atoms with Gasteiger partial charge in [-0.15, -0.1) is 0 Å². The topological polar surface area (TPSA) is 56.2 Å². The molecule has 0 aliphatic heterocycles. The Kier molecular flexibility index (Phi) is 3.85. The van der Waals surface area contributed by atoms with Gasteiger partial charge in [0, 0.05) is 13.6 Å². The Balaban J connectivity index is 1.95. The Morgan fingerprint density at radius 2 is 2.00 bits per heavy atom. The van der Waals surface area contributed by atoms with E-state index in [0.29, 0.717) is 18.0 Å². The fourth-order valence-electron chi connectivity index (χ4n) is 1.80. The molecule has 0 saturated heterocycles. The number of rotatable bonds is 3. The Hall–Kier alpha value is -2.30. The molecule has 0 spiro atoms. The molecule has 1 heterocycles. The van der Waals surface area contributed by atoms with E-state index in [0.717, 1.165) is 11.3 Å². The zero-order valence-electron chi connectivity index (χ0n) is 11.3. The van der Waals surface area contributed by atoms with Crippen LogP contribution in [0.2, 0.25) is 0 Å². The van der Waals surface area contributed by atoms with Gasteiger partial charge in [0.25, 0.3) is 0 Å². The van der Waals surface area contributed by atoms with Crippen molar-refractivity contribution >= 4 is 6.09 Å². The maximum atomic E-state index is 11.7. The third-order valence-corrected chi connectivity index (χ3v) is 2.92. The molecule has 0 saturated carbocycles. The van der Waals surface area contributed by atoms with Crippen molar-refractivity contribution < 1.29 is 9.53 Å². The Labute approximate surface area is 112 Å². The fraction of sp³-hybridized carbons (Fsp3) is 0.286. The van der Waals surface area contributed by atoms with Crippen LogP contribution >= 0.6 is 0 Å². The Morgan fingerprint density at radius 1 is 1.32 bits per heavy atom. The highest BCUT2D eigenvalue weighted by molar-refractivity contribution is 5.71. The van der Waals surface area contributed by atoms with E-state index in [4.69, 9.17) is 4.74 Å². The quantitative estimate of drug-likeness (QED) is 0.920. The average molecular weight is 259 g/mol. The van der Waals surface area contributed by atoms with Gasteiger partial charge in [0.2, 0.25) is 0 Å². The number of aromatic nitrogens is 2. The van der Waals surface area contributed by atoms with Crippen LogP contribution in [0, 0.1) is 13.8 Å². The molecule has 0 radical (unpaired) electrons. The molecular weight excluding hydrogens is 242 g/mol. The predicted octanol–water partition coefficient (Wildman–Crippen LogP) is 2.33. The van der Waals surface area contributed by atoms with Crippen molar-refractivity contribution in [2.45, 2.75) is 20.4 Å². The first-order valence-electron chi connectivity index (χ1n) is 6.07. The second-order valence-corrected chi connectivity index (χ2v) is 4.35. The summed E-state index contributed by atoms with van der Waals surface area (Å²) in [6, 6.07) is 9.68. The standard InChI is InChI=1S/C14H17N3O2/c1-10-13(11(2)17(3)16-10)19-14(18)15-9-12-7-5-4-6-8-12/h4-8H,9H2,1-3H3,(H,15,18). The number of hydrogen-bond donors (Lipinski definition) is 1. The lowest BCUT2D eigenvalue weighted by Gasteiger charge is -2.06. The molecule has 1 aromatic heterocycles. The highest BCUT2D eigenvalue weighted by atomic mass is 16.6. The van der Waals surface area contributed by atoms with Crippen molar-refractivity contribution in [1.29, 1.82) is 0 Å². The van der Waals surface area contributed by atoms with E-state index in [1.807, 2.05) is 51.2 Å². The number of carbonyl (C=O) groups excluding carboxylic acids is 1. The second-order valence-electron chi connectivity index (χ2n) is 4.35. The zero-order chi connectivity index (χ0) is 13.8. The van der Waals surface area contributed by atoms with Gasteiger partial charge in [-0.1, -0.05) is 30.3 Å². The van der Waals surface area contributed by atoms with Crippen molar-refractivity contribution in [3.8, 4) is 5.75 Å². The van der Waals surface area contributed by atoms with Crippen molar-refractivity contribution in [2.24, 2.45) is 7.05 Å². The SMILES string of the molecule is Cc1nn(C)c(C)c1OC(=O)NCc1ccccc1. The number of nitrogens with zero attached hydrogens (tertiary/aromatic N) is 2. The predicted molar refractivity (Wildman–Crippen MR) is 72.0 cm³/mol. The van der Waals surface area contributed by atoms with E-state index in [-0.39, 0.29) is 0 Å². The van der Waals surface area contributed by atoms with Crippen LogP contribution in [0.25, 0.3) is 0 Å². The summed E-state index contributed by atoms with van der Waals surface area (Å²) in [7, 11) is 1.82. The van der Waals surface area contributed by atoms with Gasteiger partial charge in [-0.25, -0.2) is 4.79 Å². The summed E-state index contributed by atoms with van der Waals surface area (Å²) in [6.45, 7) is 4.12. The third-order valence-electron chi connectivity index (χ3n) is 2.92. The number of aryl methyl sites for hydroxylation is 2. The van der Waals surface area contributed by atoms with Gasteiger partial charge in [-0.3, -0.25) is 4.68 Å². The van der Waals surface area contributed by atoms with E-state index in [1.54, 1.807) is 4.68 Å². The van der Waals surface area contributed by atoms with Crippen molar-refractivity contribution in [2.75, 3.05) is 0 Å². The molecule has 0 fully saturated rings. The van der Waals surface area contributed by atoms with Crippen molar-refractivity contribution in [3.63, 3.8) is 0 Å². The lowest BCUT2D eigenvalue weighted by atomic mass is 10.2. The van der Waals surface area contributed by atoms with Crippen molar-refractivity contribution in [3.05, 3.63) is 47.3 Å². The van der Waals surface area contributed by atoms with E-state index in [2.05, 4.69) is 10.4 Å². The van der Waals surface area contributed by atoms with Gasteiger partial charge < -0.3 is 10.1 Å². The molecule has 2 aromatic rings. The lowest BCUT2D eigenvalue weighted by Crippen LogP contribution is -2.26. The minimum atomic E-state index is -0.469. The fourth-order valence-corrected chi connectivity index (χ4v) is 1.80. The minimum Gasteiger partial charge on any atom is -0.406 e. The number of benzene rings is 1. The molecule has 5 heteroatoms. The monoisotopic (exact) mass is 259 g/mol. The van der Waals surface area contributed by atoms with Crippen LogP contribution in [0.4, 0.5) is 4.79 Å². The molecule has 5 nitrogen and oxygen atoms in total. The van der Waals surface area contributed by atoms with Crippen molar-refractivity contribution in [1.82, 2.24) is 15.1 Å². The maximum Gasteiger partial charge on any atom is 0.413 e. The number of amides is 1. The summed E-state index contributed by atoms with van der Waals surface area (Å²) in [4.78, 5) is 11.7. The van der Waals surface area contributed by atoms with Crippen LogP contribution in [0.15, 0.2) is 30.3 Å². The molecule has 0 unspecified atom stereocenters. The first-order chi connectivity index (χ1) is 9.08. The van der Waals surface area contributed by atoms with Gasteiger partial charge in [-0.2, -0.15) is 5.10 Å². The van der Waals surface area contributed by atoms with Crippen LogP contribution in [-0.4, -0.2) is 15.9 Å². The van der Waals surface area contributed by atoms with Gasteiger partial charge in [0.1, 0.15) is 5.69 Å². The molecule has 1 amide bonds. The largest absolute Gasteiger partial charge is 0.413 e. The average Bonchev–Trinajstić information content (AvgIpc) is 2.64. The summed E-state index contributed by atoms with van der Waals surface area (Å²) in [5, 5.41) is 6.91. The normalized spacial score (nSPS) is 10.3. The molecule has 100 valence electrons. The Bertz CT molecular complexity index is 576. The molecule has 0 atom stereocenters. The summed E-state index contributed by atoms with van der Waals surface area (Å²) >= 11 is 0. The van der Waals surface area contributed by atoms with E-state index in [9.17, 15) is 4.79 Å². The summed E-state index contributed by atoms with van der Waals surface area (Å²) in [5.41, 5.74) is 2.56. The van der Waals surface area contributed by atoms with Crippen LogP contribution in [0.3, 0.4) is 0 Å². The van der Waals surface area contributed by atoms with Gasteiger partial charge in [0.15, 0.2) is 5.75 Å². The molecule has 0 aliphatic rings. The molecule has 2 rings (SSSR count). The molecule has 19 heavy (non-hydrogen) atoms. The number of nitrogens with one attached hydrogen (secondary N) is 1. The van der Waals surface area contributed by atoms with Crippen LogP contribution in [0.5, 0.6) is 5.75 Å². The van der Waals surface area contributed by atoms with E-state index in [1.165, 1.54) is 0 Å². The van der Waals surface area contributed by atoms with Crippen LogP contribution in [-0.2, 0) is 13.6 Å².